The zero-order chi connectivity index (χ0) is 23.7. The number of hydrogen-bond donors (Lipinski definition) is 2. The fourth-order valence-corrected chi connectivity index (χ4v) is 4.16. The van der Waals surface area contributed by atoms with Crippen LogP contribution in [0.1, 0.15) is 28.6 Å². The minimum atomic E-state index is -3.76. The Morgan fingerprint density at radius 3 is 2.36 bits per heavy atom. The lowest BCUT2D eigenvalue weighted by atomic mass is 9.99. The van der Waals surface area contributed by atoms with Gasteiger partial charge in [0.15, 0.2) is 0 Å². The van der Waals surface area contributed by atoms with Gasteiger partial charge in [-0.25, -0.2) is 13.1 Å². The summed E-state index contributed by atoms with van der Waals surface area (Å²) in [5.74, 6) is -0.849. The summed E-state index contributed by atoms with van der Waals surface area (Å²) >= 11 is 0. The van der Waals surface area contributed by atoms with E-state index >= 15 is 0 Å². The summed E-state index contributed by atoms with van der Waals surface area (Å²) in [6.45, 7) is 2.10. The second-order valence-electron chi connectivity index (χ2n) is 7.28. The first-order chi connectivity index (χ1) is 15.9. The number of rotatable bonds is 11. The van der Waals surface area contributed by atoms with Crippen molar-refractivity contribution < 1.29 is 27.2 Å². The molecule has 0 saturated heterocycles. The number of sulfonamides is 1. The maximum atomic E-state index is 12.6. The van der Waals surface area contributed by atoms with Crippen LogP contribution in [0.3, 0.4) is 0 Å². The van der Waals surface area contributed by atoms with Crippen LogP contribution in [0.15, 0.2) is 82.3 Å². The summed E-state index contributed by atoms with van der Waals surface area (Å²) in [5, 5.41) is 2.74. The van der Waals surface area contributed by atoms with Crippen LogP contribution in [0, 0.1) is 5.92 Å². The number of nitrogens with one attached hydrogen (secondary N) is 2. The fraction of sp³-hybridized carbons (Fsp3) is 0.250. The van der Waals surface area contributed by atoms with Crippen LogP contribution in [-0.4, -0.2) is 33.4 Å². The number of furan rings is 1. The fourth-order valence-electron chi connectivity index (χ4n) is 3.16. The van der Waals surface area contributed by atoms with Crippen molar-refractivity contribution in [3.63, 3.8) is 0 Å². The Hall–Kier alpha value is -3.43. The van der Waals surface area contributed by atoms with Gasteiger partial charge in [-0.3, -0.25) is 9.59 Å². The third-order valence-corrected chi connectivity index (χ3v) is 6.31. The molecule has 3 aromatic rings. The third-order valence-electron chi connectivity index (χ3n) is 4.90. The van der Waals surface area contributed by atoms with Crippen LogP contribution in [0.4, 0.5) is 0 Å². The van der Waals surface area contributed by atoms with Crippen molar-refractivity contribution >= 4 is 21.9 Å². The lowest BCUT2D eigenvalue weighted by Crippen LogP contribution is -2.35. The molecule has 1 aromatic heterocycles. The van der Waals surface area contributed by atoms with E-state index < -0.39 is 21.8 Å². The zero-order valence-electron chi connectivity index (χ0n) is 18.2. The van der Waals surface area contributed by atoms with Crippen molar-refractivity contribution in [3.05, 3.63) is 89.9 Å². The number of esters is 1. The van der Waals surface area contributed by atoms with Crippen molar-refractivity contribution in [2.24, 2.45) is 5.92 Å². The number of ether oxygens (including phenoxy) is 1. The molecule has 8 nitrogen and oxygen atoms in total. The first-order valence-electron chi connectivity index (χ1n) is 10.5. The Morgan fingerprint density at radius 1 is 1.00 bits per heavy atom. The standard InChI is InChI=1S/C24H26N2O6S/c1-2-31-24(28)20(15-18-7-4-3-5-8-18)16-25-23(27)19-10-12-22(13-11-19)33(29,30)26-17-21-9-6-14-32-21/h3-14,20,26H,2,15-17H2,1H3,(H,25,27). The van der Waals surface area contributed by atoms with E-state index in [-0.39, 0.29) is 36.1 Å². The van der Waals surface area contributed by atoms with Crippen molar-refractivity contribution in [1.29, 1.82) is 0 Å². The summed E-state index contributed by atoms with van der Waals surface area (Å²) < 4.78 is 37.6. The molecule has 174 valence electrons. The maximum absolute atomic E-state index is 12.6. The molecule has 2 aromatic carbocycles. The highest BCUT2D eigenvalue weighted by atomic mass is 32.2. The Balaban J connectivity index is 1.60. The lowest BCUT2D eigenvalue weighted by molar-refractivity contribution is -0.147. The quantitative estimate of drug-likeness (QED) is 0.417. The molecule has 1 unspecified atom stereocenters. The van der Waals surface area contributed by atoms with Crippen molar-refractivity contribution in [2.75, 3.05) is 13.2 Å². The normalized spacial score (nSPS) is 12.2. The Bertz CT molecular complexity index is 1140. The summed E-state index contributed by atoms with van der Waals surface area (Å²) in [5.41, 5.74) is 1.24. The van der Waals surface area contributed by atoms with Gasteiger partial charge in [-0.1, -0.05) is 30.3 Å². The molecule has 1 heterocycles. The topological polar surface area (TPSA) is 115 Å². The average molecular weight is 471 g/mol. The summed E-state index contributed by atoms with van der Waals surface area (Å²) in [7, 11) is -3.76. The van der Waals surface area contributed by atoms with E-state index in [1.807, 2.05) is 30.3 Å². The predicted molar refractivity (Wildman–Crippen MR) is 122 cm³/mol. The molecule has 0 spiro atoms. The minimum Gasteiger partial charge on any atom is -0.468 e. The largest absolute Gasteiger partial charge is 0.468 e. The lowest BCUT2D eigenvalue weighted by Gasteiger charge is -2.16. The molecule has 1 amide bonds. The van der Waals surface area contributed by atoms with Gasteiger partial charge in [0.1, 0.15) is 5.76 Å². The van der Waals surface area contributed by atoms with Gasteiger partial charge < -0.3 is 14.5 Å². The molecular formula is C24H26N2O6S. The number of carbonyl (C=O) groups excluding carboxylic acids is 2. The first kappa shape index (κ1) is 24.2. The van der Waals surface area contributed by atoms with E-state index in [4.69, 9.17) is 9.15 Å². The SMILES string of the molecule is CCOC(=O)C(CNC(=O)c1ccc(S(=O)(=O)NCc2ccco2)cc1)Cc1ccccc1. The molecule has 0 bridgehead atoms. The molecule has 0 fully saturated rings. The molecule has 2 N–H and O–H groups in total. The van der Waals surface area contributed by atoms with Crippen LogP contribution in [0.5, 0.6) is 0 Å². The molecule has 0 aliphatic rings. The number of benzene rings is 2. The zero-order valence-corrected chi connectivity index (χ0v) is 19.0. The van der Waals surface area contributed by atoms with Crippen LogP contribution >= 0.6 is 0 Å². The molecule has 1 atom stereocenters. The van der Waals surface area contributed by atoms with Crippen LogP contribution in [-0.2, 0) is 32.5 Å². The van der Waals surface area contributed by atoms with E-state index in [0.29, 0.717) is 12.2 Å². The number of amides is 1. The molecule has 33 heavy (non-hydrogen) atoms. The van der Waals surface area contributed by atoms with Crippen LogP contribution in [0.2, 0.25) is 0 Å². The monoisotopic (exact) mass is 470 g/mol. The summed E-state index contributed by atoms with van der Waals surface area (Å²) in [6, 6.07) is 18.4. The number of hydrogen-bond acceptors (Lipinski definition) is 6. The average Bonchev–Trinajstić information content (AvgIpc) is 3.35. The maximum Gasteiger partial charge on any atom is 0.311 e. The molecule has 3 rings (SSSR count). The Morgan fingerprint density at radius 2 is 1.73 bits per heavy atom. The summed E-state index contributed by atoms with van der Waals surface area (Å²) in [4.78, 5) is 25.0. The molecular weight excluding hydrogens is 444 g/mol. The van der Waals surface area contributed by atoms with Gasteiger partial charge in [-0.2, -0.15) is 0 Å². The minimum absolute atomic E-state index is 0.0221. The smallest absolute Gasteiger partial charge is 0.311 e. The van der Waals surface area contributed by atoms with E-state index in [0.717, 1.165) is 5.56 Å². The first-order valence-corrected chi connectivity index (χ1v) is 12.0. The second kappa shape index (κ2) is 11.4. The van der Waals surface area contributed by atoms with E-state index in [1.54, 1.807) is 19.1 Å². The van der Waals surface area contributed by atoms with Gasteiger partial charge in [0, 0.05) is 12.1 Å². The molecule has 0 aliphatic heterocycles. The number of carbonyl (C=O) groups is 2. The third kappa shape index (κ3) is 7.03. The van der Waals surface area contributed by atoms with Crippen LogP contribution in [0.25, 0.3) is 0 Å². The Labute approximate surface area is 193 Å². The van der Waals surface area contributed by atoms with Gasteiger partial charge >= 0.3 is 5.97 Å². The van der Waals surface area contributed by atoms with Crippen molar-refractivity contribution in [3.8, 4) is 0 Å². The van der Waals surface area contributed by atoms with E-state index in [9.17, 15) is 18.0 Å². The highest BCUT2D eigenvalue weighted by Crippen LogP contribution is 2.13. The van der Waals surface area contributed by atoms with Gasteiger partial charge in [-0.15, -0.1) is 0 Å². The van der Waals surface area contributed by atoms with Gasteiger partial charge in [0.05, 0.1) is 30.2 Å². The predicted octanol–water partition coefficient (Wildman–Crippen LogP) is 2.91. The van der Waals surface area contributed by atoms with Gasteiger partial charge in [0.2, 0.25) is 10.0 Å². The van der Waals surface area contributed by atoms with E-state index in [1.165, 1.54) is 30.5 Å². The van der Waals surface area contributed by atoms with Crippen molar-refractivity contribution in [2.45, 2.75) is 24.8 Å². The second-order valence-corrected chi connectivity index (χ2v) is 9.04. The Kier molecular flexibility index (Phi) is 8.39. The summed E-state index contributed by atoms with van der Waals surface area (Å²) in [6.07, 6.45) is 1.89. The molecule has 0 saturated carbocycles. The van der Waals surface area contributed by atoms with Crippen molar-refractivity contribution in [1.82, 2.24) is 10.0 Å². The van der Waals surface area contributed by atoms with Gasteiger partial charge in [-0.05, 0) is 55.3 Å². The van der Waals surface area contributed by atoms with Crippen LogP contribution < -0.4 is 10.0 Å². The highest BCUT2D eigenvalue weighted by Gasteiger charge is 2.22. The van der Waals surface area contributed by atoms with Gasteiger partial charge in [0.25, 0.3) is 5.91 Å². The molecule has 0 radical (unpaired) electrons. The molecule has 9 heteroatoms. The van der Waals surface area contributed by atoms with E-state index in [2.05, 4.69) is 10.0 Å². The molecule has 0 aliphatic carbocycles. The highest BCUT2D eigenvalue weighted by molar-refractivity contribution is 7.89.